The summed E-state index contributed by atoms with van der Waals surface area (Å²) in [6, 6.07) is 5.72. The molecule has 0 aromatic heterocycles. The molecule has 1 saturated carbocycles. The normalized spacial score (nSPS) is 27.7. The number of hydrogen-bond acceptors (Lipinski definition) is 2. The zero-order valence-electron chi connectivity index (χ0n) is 10.2. The highest BCUT2D eigenvalue weighted by molar-refractivity contribution is 9.10. The maximum Gasteiger partial charge on any atom is 0.137 e. The third kappa shape index (κ3) is 2.76. The Kier molecular flexibility index (Phi) is 3.68. The predicted molar refractivity (Wildman–Crippen MR) is 71.8 cm³/mol. The van der Waals surface area contributed by atoms with Crippen LogP contribution in [0.15, 0.2) is 22.7 Å². The van der Waals surface area contributed by atoms with Crippen molar-refractivity contribution in [3.63, 3.8) is 0 Å². The first-order chi connectivity index (χ1) is 8.74. The van der Waals surface area contributed by atoms with Crippen molar-refractivity contribution in [1.29, 1.82) is 0 Å². The molecule has 2 unspecified atom stereocenters. The van der Waals surface area contributed by atoms with Gasteiger partial charge in [0, 0.05) is 19.2 Å². The molecular formula is C14H17BrFNO. The van der Waals surface area contributed by atoms with Crippen molar-refractivity contribution in [3.8, 4) is 0 Å². The van der Waals surface area contributed by atoms with E-state index in [9.17, 15) is 4.39 Å². The molecule has 0 radical (unpaired) electrons. The van der Waals surface area contributed by atoms with Crippen LogP contribution in [-0.2, 0) is 11.3 Å². The number of ether oxygens (including phenoxy) is 1. The van der Waals surface area contributed by atoms with Gasteiger partial charge >= 0.3 is 0 Å². The summed E-state index contributed by atoms with van der Waals surface area (Å²) < 4.78 is 19.7. The van der Waals surface area contributed by atoms with Gasteiger partial charge in [-0.15, -0.1) is 0 Å². The lowest BCUT2D eigenvalue weighted by molar-refractivity contribution is 0.0809. The Morgan fingerprint density at radius 2 is 2.17 bits per heavy atom. The van der Waals surface area contributed by atoms with E-state index in [0.29, 0.717) is 23.2 Å². The number of rotatable bonds is 4. The van der Waals surface area contributed by atoms with Crippen LogP contribution in [0.5, 0.6) is 0 Å². The molecule has 1 aliphatic heterocycles. The van der Waals surface area contributed by atoms with E-state index in [0.717, 1.165) is 24.5 Å². The summed E-state index contributed by atoms with van der Waals surface area (Å²) in [5.74, 6) is 0.558. The Balaban J connectivity index is 1.58. The number of benzene rings is 1. The molecule has 1 aromatic carbocycles. The third-order valence-electron chi connectivity index (χ3n) is 3.77. The second kappa shape index (κ2) is 5.27. The van der Waals surface area contributed by atoms with E-state index in [4.69, 9.17) is 4.74 Å². The zero-order chi connectivity index (χ0) is 12.5. The van der Waals surface area contributed by atoms with E-state index in [-0.39, 0.29) is 5.82 Å². The SMILES string of the molecule is Fc1cc(CNC2CCOC2C2CC2)ccc1Br. The number of halogens is 2. The highest BCUT2D eigenvalue weighted by atomic mass is 79.9. The van der Waals surface area contributed by atoms with Crippen molar-refractivity contribution in [2.75, 3.05) is 6.61 Å². The molecule has 2 fully saturated rings. The van der Waals surface area contributed by atoms with Crippen molar-refractivity contribution in [2.45, 2.75) is 38.0 Å². The fraction of sp³-hybridized carbons (Fsp3) is 0.571. The van der Waals surface area contributed by atoms with Crippen molar-refractivity contribution >= 4 is 15.9 Å². The van der Waals surface area contributed by atoms with E-state index in [1.54, 1.807) is 12.1 Å². The van der Waals surface area contributed by atoms with Gasteiger partial charge in [0.05, 0.1) is 10.6 Å². The fourth-order valence-corrected chi connectivity index (χ4v) is 2.86. The van der Waals surface area contributed by atoms with Crippen molar-refractivity contribution in [1.82, 2.24) is 5.32 Å². The van der Waals surface area contributed by atoms with Gasteiger partial charge in [-0.1, -0.05) is 6.07 Å². The minimum atomic E-state index is -0.198. The molecular weight excluding hydrogens is 297 g/mol. The van der Waals surface area contributed by atoms with Gasteiger partial charge in [0.1, 0.15) is 5.82 Å². The second-order valence-electron chi connectivity index (χ2n) is 5.20. The Bertz CT molecular complexity index is 436. The van der Waals surface area contributed by atoms with Crippen molar-refractivity contribution < 1.29 is 9.13 Å². The van der Waals surface area contributed by atoms with E-state index in [1.807, 2.05) is 6.07 Å². The smallest absolute Gasteiger partial charge is 0.137 e. The van der Waals surface area contributed by atoms with Gasteiger partial charge in [-0.3, -0.25) is 0 Å². The summed E-state index contributed by atoms with van der Waals surface area (Å²) >= 11 is 3.17. The molecule has 1 aliphatic carbocycles. The average Bonchev–Trinajstić information content (AvgIpc) is 3.10. The Morgan fingerprint density at radius 1 is 1.33 bits per heavy atom. The van der Waals surface area contributed by atoms with Crippen molar-refractivity contribution in [3.05, 3.63) is 34.1 Å². The van der Waals surface area contributed by atoms with Gasteiger partial charge < -0.3 is 10.1 Å². The second-order valence-corrected chi connectivity index (χ2v) is 6.05. The summed E-state index contributed by atoms with van der Waals surface area (Å²) in [4.78, 5) is 0. The summed E-state index contributed by atoms with van der Waals surface area (Å²) in [5.41, 5.74) is 0.983. The maximum atomic E-state index is 13.4. The summed E-state index contributed by atoms with van der Waals surface area (Å²) in [6.07, 6.45) is 4.05. The van der Waals surface area contributed by atoms with Crippen LogP contribution >= 0.6 is 15.9 Å². The van der Waals surface area contributed by atoms with Crippen LogP contribution in [0, 0.1) is 11.7 Å². The van der Waals surface area contributed by atoms with Crippen LogP contribution in [0.25, 0.3) is 0 Å². The Labute approximate surface area is 115 Å². The minimum Gasteiger partial charge on any atom is -0.376 e. The van der Waals surface area contributed by atoms with Crippen LogP contribution in [0.2, 0.25) is 0 Å². The van der Waals surface area contributed by atoms with Crippen LogP contribution in [0.4, 0.5) is 4.39 Å². The molecule has 1 N–H and O–H groups in total. The van der Waals surface area contributed by atoms with Crippen LogP contribution in [0.3, 0.4) is 0 Å². The molecule has 3 rings (SSSR count). The van der Waals surface area contributed by atoms with Gasteiger partial charge in [-0.25, -0.2) is 4.39 Å². The van der Waals surface area contributed by atoms with E-state index < -0.39 is 0 Å². The molecule has 4 heteroatoms. The molecule has 1 heterocycles. The quantitative estimate of drug-likeness (QED) is 0.921. The van der Waals surface area contributed by atoms with Crippen LogP contribution in [-0.4, -0.2) is 18.8 Å². The van der Waals surface area contributed by atoms with Crippen LogP contribution in [0.1, 0.15) is 24.8 Å². The molecule has 0 spiro atoms. The van der Waals surface area contributed by atoms with Gasteiger partial charge in [0.15, 0.2) is 0 Å². The van der Waals surface area contributed by atoms with E-state index in [1.165, 1.54) is 12.8 Å². The largest absolute Gasteiger partial charge is 0.376 e. The lowest BCUT2D eigenvalue weighted by Crippen LogP contribution is -2.37. The lowest BCUT2D eigenvalue weighted by atomic mass is 10.1. The van der Waals surface area contributed by atoms with Gasteiger partial charge in [0.25, 0.3) is 0 Å². The third-order valence-corrected chi connectivity index (χ3v) is 4.42. The number of hydrogen-bond donors (Lipinski definition) is 1. The summed E-state index contributed by atoms with van der Waals surface area (Å²) in [7, 11) is 0. The number of nitrogens with one attached hydrogen (secondary N) is 1. The monoisotopic (exact) mass is 313 g/mol. The van der Waals surface area contributed by atoms with Gasteiger partial charge in [-0.2, -0.15) is 0 Å². The zero-order valence-corrected chi connectivity index (χ0v) is 11.7. The highest BCUT2D eigenvalue weighted by Gasteiger charge is 2.40. The van der Waals surface area contributed by atoms with Gasteiger partial charge in [-0.05, 0) is 58.8 Å². The summed E-state index contributed by atoms with van der Waals surface area (Å²) in [6.45, 7) is 1.56. The highest BCUT2D eigenvalue weighted by Crippen LogP contribution is 2.38. The molecule has 2 atom stereocenters. The molecule has 2 aliphatic rings. The van der Waals surface area contributed by atoms with Crippen LogP contribution < -0.4 is 5.32 Å². The topological polar surface area (TPSA) is 21.3 Å². The molecule has 2 nitrogen and oxygen atoms in total. The van der Waals surface area contributed by atoms with Gasteiger partial charge in [0.2, 0.25) is 0 Å². The maximum absolute atomic E-state index is 13.4. The van der Waals surface area contributed by atoms with Crippen molar-refractivity contribution in [2.24, 2.45) is 5.92 Å². The Morgan fingerprint density at radius 3 is 2.89 bits per heavy atom. The first-order valence-corrected chi connectivity index (χ1v) is 7.32. The Hall–Kier alpha value is -0.450. The van der Waals surface area contributed by atoms with E-state index in [2.05, 4.69) is 21.2 Å². The molecule has 0 amide bonds. The first-order valence-electron chi connectivity index (χ1n) is 6.53. The molecule has 1 saturated heterocycles. The van der Waals surface area contributed by atoms with E-state index >= 15 is 0 Å². The molecule has 98 valence electrons. The summed E-state index contributed by atoms with van der Waals surface area (Å²) in [5, 5.41) is 3.51. The predicted octanol–water partition coefficient (Wildman–Crippen LogP) is 3.25. The molecule has 0 bridgehead atoms. The molecule has 1 aromatic rings. The minimum absolute atomic E-state index is 0.198. The fourth-order valence-electron chi connectivity index (χ4n) is 2.62. The average molecular weight is 314 g/mol. The first kappa shape index (κ1) is 12.6. The standard InChI is InChI=1S/C14H17BrFNO/c15-11-4-1-9(7-12(11)16)8-17-13-5-6-18-14(13)10-2-3-10/h1,4,7,10,13-14,17H,2-3,5-6,8H2. The lowest BCUT2D eigenvalue weighted by Gasteiger charge is -2.19. The molecule has 18 heavy (non-hydrogen) atoms.